The molecule has 2 N–H and O–H groups in total. The lowest BCUT2D eigenvalue weighted by molar-refractivity contribution is -0.495. The summed E-state index contributed by atoms with van der Waals surface area (Å²) < 4.78 is 0.699. The number of non-ortho nitro benzene ring substituents is 1. The third-order valence-electron chi connectivity index (χ3n) is 2.89. The Morgan fingerprint density at radius 1 is 1.35 bits per heavy atom. The van der Waals surface area contributed by atoms with E-state index >= 15 is 0 Å². The molecule has 0 saturated heterocycles. The predicted octanol–water partition coefficient (Wildman–Crippen LogP) is 0.00430. The van der Waals surface area contributed by atoms with E-state index in [1.165, 1.54) is 0 Å². The highest BCUT2D eigenvalue weighted by atomic mass is 16.6. The molecule has 0 atom stereocenters. The van der Waals surface area contributed by atoms with Crippen LogP contribution in [0.25, 0.3) is 0 Å². The summed E-state index contributed by atoms with van der Waals surface area (Å²) in [5.74, 6) is -2.13. The molecule has 0 unspecified atom stereocenters. The number of nitrogens with zero attached hydrogens (tertiary/aromatic N) is 3. The number of carbonyl (C=O) groups excluding carboxylic acids is 3. The van der Waals surface area contributed by atoms with E-state index in [1.54, 1.807) is 0 Å². The maximum atomic E-state index is 11.8. The Morgan fingerprint density at radius 3 is 2.78 bits per heavy atom. The maximum absolute atomic E-state index is 11.8. The number of nitrogens with one attached hydrogen (secondary N) is 1. The van der Waals surface area contributed by atoms with Crippen LogP contribution in [0.3, 0.4) is 0 Å². The highest BCUT2D eigenvalue weighted by Crippen LogP contribution is 2.22. The van der Waals surface area contributed by atoms with Gasteiger partial charge >= 0.3 is 11.8 Å². The SMILES string of the molecule is O=C1C=CC(=O)[N+](CC(=O)NCc2cc([N+](=O)[O-])ccc2O)=N1. The highest BCUT2D eigenvalue weighted by molar-refractivity contribution is 5.96. The molecule has 0 radical (unpaired) electrons. The Hall–Kier alpha value is -3.43. The molecule has 1 heterocycles. The quantitative estimate of drug-likeness (QED) is 0.444. The molecule has 3 amide bonds. The molecule has 118 valence electrons. The van der Waals surface area contributed by atoms with Crippen molar-refractivity contribution in [1.82, 2.24) is 5.32 Å². The predicted molar refractivity (Wildman–Crippen MR) is 73.3 cm³/mol. The van der Waals surface area contributed by atoms with Gasteiger partial charge in [0.1, 0.15) is 5.75 Å². The molecule has 23 heavy (non-hydrogen) atoms. The Labute approximate surface area is 128 Å². The van der Waals surface area contributed by atoms with Crippen LogP contribution < -0.4 is 5.32 Å². The van der Waals surface area contributed by atoms with Crippen LogP contribution in [-0.4, -0.2) is 39.0 Å². The van der Waals surface area contributed by atoms with Gasteiger partial charge in [0, 0.05) is 35.4 Å². The molecule has 1 aromatic carbocycles. The number of rotatable bonds is 5. The first-order chi connectivity index (χ1) is 10.9. The highest BCUT2D eigenvalue weighted by Gasteiger charge is 2.26. The number of phenols is 1. The zero-order valence-electron chi connectivity index (χ0n) is 11.6. The van der Waals surface area contributed by atoms with Crippen LogP contribution in [-0.2, 0) is 20.9 Å². The van der Waals surface area contributed by atoms with Crippen LogP contribution in [0.15, 0.2) is 35.5 Å². The standard InChI is InChI=1S/C13H10N4O6/c18-10-2-1-9(17(22)23)5-8(10)6-14-12(20)7-16-13(21)4-3-11(19)15-16/h1-5H,6-7H2,(H-,14,18,20)/p+1. The summed E-state index contributed by atoms with van der Waals surface area (Å²) in [6, 6.07) is 3.40. The van der Waals surface area contributed by atoms with Crippen molar-refractivity contribution in [2.45, 2.75) is 6.54 Å². The van der Waals surface area contributed by atoms with Crippen molar-refractivity contribution < 1.29 is 29.1 Å². The summed E-state index contributed by atoms with van der Waals surface area (Å²) in [4.78, 5) is 44.3. The first-order valence-electron chi connectivity index (χ1n) is 6.35. The molecule has 1 aliphatic rings. The lowest BCUT2D eigenvalue weighted by Gasteiger charge is -2.06. The molecule has 10 heteroatoms. The van der Waals surface area contributed by atoms with Gasteiger partial charge in [0.2, 0.25) is 0 Å². The van der Waals surface area contributed by atoms with E-state index in [4.69, 9.17) is 0 Å². The molecule has 1 aliphatic heterocycles. The second-order valence-electron chi connectivity index (χ2n) is 4.51. The van der Waals surface area contributed by atoms with E-state index in [2.05, 4.69) is 10.4 Å². The molecule has 10 nitrogen and oxygen atoms in total. The molecular weight excluding hydrogens is 308 g/mol. The lowest BCUT2D eigenvalue weighted by atomic mass is 10.2. The van der Waals surface area contributed by atoms with Crippen molar-refractivity contribution in [1.29, 1.82) is 0 Å². The molecule has 0 bridgehead atoms. The second-order valence-corrected chi connectivity index (χ2v) is 4.51. The molecule has 0 saturated carbocycles. The van der Waals surface area contributed by atoms with Crippen LogP contribution in [0, 0.1) is 10.1 Å². The van der Waals surface area contributed by atoms with Gasteiger partial charge in [0.05, 0.1) is 11.0 Å². The number of hydrogen-bond donors (Lipinski definition) is 2. The van der Waals surface area contributed by atoms with E-state index in [9.17, 15) is 29.6 Å². The van der Waals surface area contributed by atoms with Gasteiger partial charge in [-0.3, -0.25) is 19.7 Å². The van der Waals surface area contributed by atoms with Gasteiger partial charge in [-0.15, -0.1) is 0 Å². The number of nitro benzene ring substituents is 1. The van der Waals surface area contributed by atoms with E-state index in [0.717, 1.165) is 30.4 Å². The molecular formula is C13H11N4O6+. The molecule has 0 aromatic heterocycles. The fraction of sp³-hybridized carbons (Fsp3) is 0.154. The van der Waals surface area contributed by atoms with Crippen molar-refractivity contribution in [2.75, 3.05) is 6.54 Å². The van der Waals surface area contributed by atoms with Crippen LogP contribution in [0.5, 0.6) is 5.75 Å². The monoisotopic (exact) mass is 319 g/mol. The molecule has 1 aromatic rings. The summed E-state index contributed by atoms with van der Waals surface area (Å²) >= 11 is 0. The van der Waals surface area contributed by atoms with Gasteiger partial charge in [0.15, 0.2) is 0 Å². The fourth-order valence-electron chi connectivity index (χ4n) is 1.76. The van der Waals surface area contributed by atoms with Crippen molar-refractivity contribution in [3.8, 4) is 5.75 Å². The van der Waals surface area contributed by atoms with Crippen LogP contribution >= 0.6 is 0 Å². The average Bonchev–Trinajstić information content (AvgIpc) is 2.50. The minimum Gasteiger partial charge on any atom is -0.508 e. The Kier molecular flexibility index (Phi) is 4.55. The van der Waals surface area contributed by atoms with E-state index in [-0.39, 0.29) is 23.5 Å². The smallest absolute Gasteiger partial charge is 0.437 e. The van der Waals surface area contributed by atoms with Gasteiger partial charge in [0.25, 0.3) is 18.1 Å². The number of azo groups is 2. The van der Waals surface area contributed by atoms with Gasteiger partial charge in [-0.2, -0.15) is 0 Å². The summed E-state index contributed by atoms with van der Waals surface area (Å²) in [6.45, 7) is -0.664. The fourth-order valence-corrected chi connectivity index (χ4v) is 1.76. The van der Waals surface area contributed by atoms with Gasteiger partial charge in [-0.05, 0) is 10.8 Å². The van der Waals surface area contributed by atoms with Crippen molar-refractivity contribution in [3.05, 3.63) is 46.0 Å². The van der Waals surface area contributed by atoms with E-state index < -0.39 is 29.2 Å². The molecule has 0 spiro atoms. The minimum absolute atomic E-state index is 0.144. The summed E-state index contributed by atoms with van der Waals surface area (Å²) in [7, 11) is 0. The van der Waals surface area contributed by atoms with Crippen molar-refractivity contribution >= 4 is 23.4 Å². The largest absolute Gasteiger partial charge is 0.508 e. The zero-order chi connectivity index (χ0) is 17.0. The molecule has 0 aliphatic carbocycles. The Morgan fingerprint density at radius 2 is 2.09 bits per heavy atom. The topological polar surface area (TPSA) is 142 Å². The minimum atomic E-state index is -0.659. The van der Waals surface area contributed by atoms with E-state index in [0.29, 0.717) is 4.70 Å². The maximum Gasteiger partial charge on any atom is 0.437 e. The van der Waals surface area contributed by atoms with E-state index in [1.807, 2.05) is 0 Å². The number of aromatic hydroxyl groups is 1. The normalized spacial score (nSPS) is 13.7. The zero-order valence-corrected chi connectivity index (χ0v) is 11.6. The third-order valence-corrected chi connectivity index (χ3v) is 2.89. The number of phenolic OH excluding ortho intramolecular Hbond substituents is 1. The Bertz CT molecular complexity index is 768. The average molecular weight is 319 g/mol. The number of benzene rings is 1. The number of nitro groups is 1. The van der Waals surface area contributed by atoms with Crippen molar-refractivity contribution in [2.24, 2.45) is 5.11 Å². The Balaban J connectivity index is 2.00. The number of hydrogen-bond acceptors (Lipinski definition) is 6. The number of carbonyl (C=O) groups is 3. The molecule has 2 rings (SSSR count). The van der Waals surface area contributed by atoms with Gasteiger partial charge in [-0.1, -0.05) is 0 Å². The summed E-state index contributed by atoms with van der Waals surface area (Å²) in [5, 5.41) is 26.0. The van der Waals surface area contributed by atoms with Crippen LogP contribution in [0.4, 0.5) is 5.69 Å². The van der Waals surface area contributed by atoms with Gasteiger partial charge < -0.3 is 10.4 Å². The van der Waals surface area contributed by atoms with Crippen LogP contribution in [0.1, 0.15) is 5.56 Å². The van der Waals surface area contributed by atoms with Gasteiger partial charge in [-0.25, -0.2) is 4.79 Å². The first-order valence-corrected chi connectivity index (χ1v) is 6.35. The van der Waals surface area contributed by atoms with Crippen LogP contribution in [0.2, 0.25) is 0 Å². The third kappa shape index (κ3) is 4.03. The lowest BCUT2D eigenvalue weighted by Crippen LogP contribution is -2.35. The summed E-state index contributed by atoms with van der Waals surface area (Å²) in [6.07, 6.45) is 1.98. The number of amides is 3. The second kappa shape index (κ2) is 6.56. The first kappa shape index (κ1) is 15.9. The van der Waals surface area contributed by atoms with Crippen molar-refractivity contribution in [3.63, 3.8) is 0 Å². The molecule has 0 fully saturated rings. The summed E-state index contributed by atoms with van der Waals surface area (Å²) in [5.41, 5.74) is -0.0885.